The van der Waals surface area contributed by atoms with E-state index in [9.17, 15) is 9.18 Å². The summed E-state index contributed by atoms with van der Waals surface area (Å²) in [7, 11) is 0. The lowest BCUT2D eigenvalue weighted by Gasteiger charge is -2.36. The second-order valence-electron chi connectivity index (χ2n) is 8.88. The molecule has 3 N–H and O–H groups in total. The van der Waals surface area contributed by atoms with E-state index >= 15 is 0 Å². The van der Waals surface area contributed by atoms with Gasteiger partial charge < -0.3 is 15.8 Å². The summed E-state index contributed by atoms with van der Waals surface area (Å²) >= 11 is 0. The molecule has 32 heavy (non-hydrogen) atoms. The van der Waals surface area contributed by atoms with E-state index in [1.54, 1.807) is 12.4 Å². The van der Waals surface area contributed by atoms with Crippen molar-refractivity contribution in [3.05, 3.63) is 77.4 Å². The quantitative estimate of drug-likeness (QED) is 0.491. The molecule has 1 aliphatic rings. The first-order valence-corrected chi connectivity index (χ1v) is 10.9. The number of hydrogen-bond acceptors (Lipinski definition) is 3. The molecule has 166 valence electrons. The predicted molar refractivity (Wildman–Crippen MR) is 124 cm³/mol. The van der Waals surface area contributed by atoms with Gasteiger partial charge in [-0.1, -0.05) is 19.1 Å². The highest BCUT2D eigenvalue weighted by molar-refractivity contribution is 5.97. The molecule has 5 nitrogen and oxygen atoms in total. The average Bonchev–Trinajstić information content (AvgIpc) is 2.74. The van der Waals surface area contributed by atoms with Crippen LogP contribution in [-0.4, -0.2) is 11.0 Å². The summed E-state index contributed by atoms with van der Waals surface area (Å²) in [5.74, 6) is 0.726. The number of pyridine rings is 1. The van der Waals surface area contributed by atoms with E-state index in [1.807, 2.05) is 38.1 Å². The smallest absolute Gasteiger partial charge is 0.316 e. The number of aromatic nitrogens is 1. The van der Waals surface area contributed by atoms with Crippen molar-refractivity contribution in [3.8, 4) is 16.9 Å². The van der Waals surface area contributed by atoms with Gasteiger partial charge >= 0.3 is 6.03 Å². The lowest BCUT2D eigenvalue weighted by Crippen LogP contribution is -2.30. The van der Waals surface area contributed by atoms with Crippen LogP contribution in [0.1, 0.15) is 56.2 Å². The summed E-state index contributed by atoms with van der Waals surface area (Å²) in [5, 5.41) is 2.78. The number of rotatable bonds is 6. The molecule has 0 saturated heterocycles. The van der Waals surface area contributed by atoms with E-state index in [0.29, 0.717) is 11.4 Å². The topological polar surface area (TPSA) is 77.2 Å². The zero-order chi connectivity index (χ0) is 22.9. The summed E-state index contributed by atoms with van der Waals surface area (Å²) in [6.45, 7) is 6.20. The molecule has 0 aliphatic carbocycles. The molecule has 2 heterocycles. The molecular weight excluding hydrogens is 405 g/mol. The third kappa shape index (κ3) is 4.44. The second-order valence-corrected chi connectivity index (χ2v) is 8.88. The monoisotopic (exact) mass is 433 g/mol. The first kappa shape index (κ1) is 21.8. The minimum absolute atomic E-state index is 0.217. The van der Waals surface area contributed by atoms with E-state index < -0.39 is 11.6 Å². The molecule has 6 heteroatoms. The minimum atomic E-state index is -0.622. The number of nitrogens with one attached hydrogen (secondary N) is 1. The number of hydrogen-bond donors (Lipinski definition) is 2. The molecule has 0 radical (unpaired) electrons. The van der Waals surface area contributed by atoms with Gasteiger partial charge in [-0.2, -0.15) is 0 Å². The first-order chi connectivity index (χ1) is 15.2. The van der Waals surface area contributed by atoms with E-state index in [2.05, 4.69) is 23.3 Å². The first-order valence-electron chi connectivity index (χ1n) is 10.9. The highest BCUT2D eigenvalue weighted by Crippen LogP contribution is 2.49. The number of amides is 2. The van der Waals surface area contributed by atoms with Crippen molar-refractivity contribution < 1.29 is 13.9 Å². The molecule has 1 aromatic heterocycles. The van der Waals surface area contributed by atoms with Crippen LogP contribution in [0.5, 0.6) is 5.75 Å². The number of benzene rings is 2. The Hall–Kier alpha value is -3.41. The average molecular weight is 434 g/mol. The molecule has 1 atom stereocenters. The Morgan fingerprint density at radius 3 is 2.69 bits per heavy atom. The van der Waals surface area contributed by atoms with E-state index in [-0.39, 0.29) is 11.7 Å². The van der Waals surface area contributed by atoms with Crippen molar-refractivity contribution in [2.24, 2.45) is 5.73 Å². The number of anilines is 1. The minimum Gasteiger partial charge on any atom is -0.482 e. The standard InChI is InChI=1S/C26H28FN3O2/c1-16(5-4-6-17-7-9-19(27)10-8-17)18-13-22(30-25(28)31)24-20-15-29-12-11-21(20)26(2,3)32-23(24)14-18/h7-16H,4-6H2,1-3H3,(H3,28,30,31). The van der Waals surface area contributed by atoms with E-state index in [0.717, 1.165) is 47.1 Å². The van der Waals surface area contributed by atoms with Gasteiger partial charge in [0.05, 0.1) is 5.69 Å². The van der Waals surface area contributed by atoms with Crippen LogP contribution in [0.15, 0.2) is 54.9 Å². The lowest BCUT2D eigenvalue weighted by atomic mass is 9.84. The molecule has 0 saturated carbocycles. The van der Waals surface area contributed by atoms with Crippen LogP contribution >= 0.6 is 0 Å². The largest absolute Gasteiger partial charge is 0.482 e. The van der Waals surface area contributed by atoms with Crippen molar-refractivity contribution in [3.63, 3.8) is 0 Å². The van der Waals surface area contributed by atoms with Gasteiger partial charge in [0.2, 0.25) is 0 Å². The number of carbonyl (C=O) groups is 1. The van der Waals surface area contributed by atoms with Gasteiger partial charge in [-0.3, -0.25) is 4.98 Å². The molecule has 4 rings (SSSR count). The maximum Gasteiger partial charge on any atom is 0.316 e. The van der Waals surface area contributed by atoms with Crippen molar-refractivity contribution >= 4 is 11.7 Å². The molecule has 0 bridgehead atoms. The number of primary amides is 1. The van der Waals surface area contributed by atoms with Gasteiger partial charge in [-0.05, 0) is 80.5 Å². The fraction of sp³-hybridized carbons (Fsp3) is 0.308. The van der Waals surface area contributed by atoms with Crippen molar-refractivity contribution in [2.75, 3.05) is 5.32 Å². The van der Waals surface area contributed by atoms with Crippen LogP contribution in [0, 0.1) is 5.82 Å². The predicted octanol–water partition coefficient (Wildman–Crippen LogP) is 6.13. The summed E-state index contributed by atoms with van der Waals surface area (Å²) in [6, 6.07) is 12.0. The Morgan fingerprint density at radius 1 is 1.22 bits per heavy atom. The molecule has 0 fully saturated rings. The molecule has 3 aromatic rings. The number of urea groups is 1. The van der Waals surface area contributed by atoms with E-state index in [4.69, 9.17) is 10.5 Å². The Kier molecular flexibility index (Phi) is 5.87. The molecule has 1 aliphatic heterocycles. The SMILES string of the molecule is CC(CCCc1ccc(F)cc1)c1cc(NC(N)=O)c2c(c1)OC(C)(C)c1ccncc1-2. The van der Waals surface area contributed by atoms with Crippen LogP contribution in [-0.2, 0) is 12.0 Å². The number of fused-ring (bicyclic) bond motifs is 3. The Balaban J connectivity index is 1.63. The third-order valence-corrected chi connectivity index (χ3v) is 6.07. The van der Waals surface area contributed by atoms with Crippen LogP contribution in [0.2, 0.25) is 0 Å². The van der Waals surface area contributed by atoms with Gasteiger partial charge in [0, 0.05) is 29.1 Å². The Bertz CT molecular complexity index is 1140. The van der Waals surface area contributed by atoms with Crippen LogP contribution in [0.3, 0.4) is 0 Å². The van der Waals surface area contributed by atoms with Gasteiger partial charge in [-0.15, -0.1) is 0 Å². The summed E-state index contributed by atoms with van der Waals surface area (Å²) in [5.41, 5.74) is 10.5. The molecule has 2 aromatic carbocycles. The highest BCUT2D eigenvalue weighted by atomic mass is 19.1. The summed E-state index contributed by atoms with van der Waals surface area (Å²) in [6.07, 6.45) is 6.32. The van der Waals surface area contributed by atoms with Crippen LogP contribution in [0.25, 0.3) is 11.1 Å². The van der Waals surface area contributed by atoms with Gasteiger partial charge in [0.1, 0.15) is 17.2 Å². The van der Waals surface area contributed by atoms with Crippen molar-refractivity contribution in [2.45, 2.75) is 51.6 Å². The number of aryl methyl sites for hydroxylation is 1. The zero-order valence-corrected chi connectivity index (χ0v) is 18.6. The molecule has 2 amide bonds. The van der Waals surface area contributed by atoms with Crippen LogP contribution < -0.4 is 15.8 Å². The fourth-order valence-corrected chi connectivity index (χ4v) is 4.39. The van der Waals surface area contributed by atoms with Gasteiger partial charge in [0.15, 0.2) is 0 Å². The summed E-state index contributed by atoms with van der Waals surface area (Å²) < 4.78 is 19.5. The maximum absolute atomic E-state index is 13.1. The van der Waals surface area contributed by atoms with Crippen molar-refractivity contribution in [1.82, 2.24) is 4.98 Å². The highest BCUT2D eigenvalue weighted by Gasteiger charge is 2.34. The number of nitrogens with two attached hydrogens (primary N) is 1. The lowest BCUT2D eigenvalue weighted by molar-refractivity contribution is 0.105. The Labute approximate surface area is 187 Å². The van der Waals surface area contributed by atoms with E-state index in [1.165, 1.54) is 12.1 Å². The normalized spacial score (nSPS) is 14.6. The number of nitrogens with zero attached hydrogens (tertiary/aromatic N) is 1. The Morgan fingerprint density at radius 2 is 1.97 bits per heavy atom. The van der Waals surface area contributed by atoms with Gasteiger partial charge in [-0.25, -0.2) is 9.18 Å². The molecular formula is C26H28FN3O2. The number of halogens is 1. The number of ether oxygens (including phenoxy) is 1. The zero-order valence-electron chi connectivity index (χ0n) is 18.6. The summed E-state index contributed by atoms with van der Waals surface area (Å²) in [4.78, 5) is 16.0. The molecule has 1 unspecified atom stereocenters. The van der Waals surface area contributed by atoms with Gasteiger partial charge in [0.25, 0.3) is 0 Å². The fourth-order valence-electron chi connectivity index (χ4n) is 4.39. The number of carbonyl (C=O) groups excluding carboxylic acids is 1. The maximum atomic E-state index is 13.1. The second kappa shape index (κ2) is 8.61. The van der Waals surface area contributed by atoms with Crippen molar-refractivity contribution in [1.29, 1.82) is 0 Å². The molecule has 0 spiro atoms. The third-order valence-electron chi connectivity index (χ3n) is 6.07. The van der Waals surface area contributed by atoms with Crippen LogP contribution in [0.4, 0.5) is 14.9 Å².